The third-order valence-electron chi connectivity index (χ3n) is 3.09. The molecule has 0 spiro atoms. The number of ether oxygens (including phenoxy) is 2. The zero-order valence-electron chi connectivity index (χ0n) is 8.52. The molecule has 1 aliphatic heterocycles. The lowest BCUT2D eigenvalue weighted by atomic mass is 9.97. The molecule has 1 N–H and O–H groups in total. The van der Waals surface area contributed by atoms with E-state index in [1.54, 1.807) is 0 Å². The molecule has 1 saturated carbocycles. The smallest absolute Gasteiger partial charge is 0.195 e. The van der Waals surface area contributed by atoms with E-state index in [9.17, 15) is 0 Å². The lowest BCUT2D eigenvalue weighted by molar-refractivity contribution is -0.208. The average Bonchev–Trinajstić information content (AvgIpc) is 2.85. The van der Waals surface area contributed by atoms with E-state index in [1.807, 2.05) is 0 Å². The summed E-state index contributed by atoms with van der Waals surface area (Å²) >= 11 is 0. The maximum Gasteiger partial charge on any atom is 0.195 e. The summed E-state index contributed by atoms with van der Waals surface area (Å²) in [5.41, 5.74) is 0.822. The number of rotatable bonds is 3. The quantitative estimate of drug-likeness (QED) is 0.451. The molecular formula is C9H16NO4P. The van der Waals surface area contributed by atoms with Gasteiger partial charge in [-0.15, -0.1) is 0 Å². The van der Waals surface area contributed by atoms with Gasteiger partial charge in [0.2, 0.25) is 0 Å². The highest BCUT2D eigenvalue weighted by Gasteiger charge is 2.47. The van der Waals surface area contributed by atoms with Crippen molar-refractivity contribution in [1.29, 1.82) is 0 Å². The summed E-state index contributed by atoms with van der Waals surface area (Å²) in [4.78, 5) is 0. The lowest BCUT2D eigenvalue weighted by Crippen LogP contribution is -2.42. The van der Waals surface area contributed by atoms with Crippen molar-refractivity contribution in [2.45, 2.75) is 25.0 Å². The minimum absolute atomic E-state index is 0.228. The summed E-state index contributed by atoms with van der Waals surface area (Å²) in [6.45, 7) is 1.62. The first kappa shape index (κ1) is 11.3. The van der Waals surface area contributed by atoms with Gasteiger partial charge >= 0.3 is 0 Å². The van der Waals surface area contributed by atoms with Crippen LogP contribution in [0.1, 0.15) is 19.3 Å². The van der Waals surface area contributed by atoms with Crippen molar-refractivity contribution in [2.75, 3.05) is 19.8 Å². The monoisotopic (exact) mass is 233 g/mol. The Morgan fingerprint density at radius 3 is 2.80 bits per heavy atom. The first-order valence-electron chi connectivity index (χ1n) is 5.10. The third-order valence-corrected chi connectivity index (χ3v) is 3.25. The van der Waals surface area contributed by atoms with Crippen molar-refractivity contribution in [2.24, 2.45) is 11.1 Å². The lowest BCUT2D eigenvalue weighted by Gasteiger charge is -2.32. The fourth-order valence-corrected chi connectivity index (χ4v) is 2.55. The van der Waals surface area contributed by atoms with Gasteiger partial charge in [-0.3, -0.25) is 0 Å². The van der Waals surface area contributed by atoms with Crippen LogP contribution in [-0.4, -0.2) is 36.5 Å². The Kier molecular flexibility index (Phi) is 3.57. The summed E-state index contributed by atoms with van der Waals surface area (Å²) < 4.78 is 16.4. The average molecular weight is 233 g/mol. The van der Waals surface area contributed by atoms with Gasteiger partial charge in [0.05, 0.1) is 18.9 Å². The zero-order chi connectivity index (χ0) is 10.7. The van der Waals surface area contributed by atoms with Crippen molar-refractivity contribution in [1.82, 2.24) is 0 Å². The van der Waals surface area contributed by atoms with E-state index in [-0.39, 0.29) is 5.92 Å². The minimum Gasteiger partial charge on any atom is -0.411 e. The highest BCUT2D eigenvalue weighted by atomic mass is 31.0. The summed E-state index contributed by atoms with van der Waals surface area (Å²) in [5, 5.41) is 12.0. The van der Waals surface area contributed by atoms with Crippen LogP contribution in [0.5, 0.6) is 0 Å². The molecule has 2 aliphatic rings. The van der Waals surface area contributed by atoms with Crippen LogP contribution in [0.15, 0.2) is 5.16 Å². The number of hydrogen-bond acceptors (Lipinski definition) is 5. The topological polar surface area (TPSA) is 60.3 Å². The van der Waals surface area contributed by atoms with E-state index in [0.29, 0.717) is 19.8 Å². The molecule has 2 unspecified atom stereocenters. The number of oxime groups is 1. The molecule has 1 saturated heterocycles. The van der Waals surface area contributed by atoms with E-state index < -0.39 is 5.79 Å². The summed E-state index contributed by atoms with van der Waals surface area (Å²) in [6.07, 6.45) is 2.46. The van der Waals surface area contributed by atoms with E-state index in [2.05, 4.69) is 14.6 Å². The molecule has 2 fully saturated rings. The Bertz CT molecular complexity index is 252. The fourth-order valence-electron chi connectivity index (χ4n) is 2.32. The molecule has 1 aliphatic carbocycles. The van der Waals surface area contributed by atoms with Crippen LogP contribution in [0.25, 0.3) is 0 Å². The predicted molar refractivity (Wildman–Crippen MR) is 56.9 cm³/mol. The van der Waals surface area contributed by atoms with Crippen molar-refractivity contribution < 1.29 is 19.2 Å². The van der Waals surface area contributed by atoms with Crippen LogP contribution in [0.3, 0.4) is 0 Å². The molecule has 5 nitrogen and oxygen atoms in total. The molecular weight excluding hydrogens is 217 g/mol. The molecule has 86 valence electrons. The van der Waals surface area contributed by atoms with E-state index in [1.165, 1.54) is 0 Å². The van der Waals surface area contributed by atoms with Crippen LogP contribution in [0, 0.1) is 5.92 Å². The van der Waals surface area contributed by atoms with Crippen LogP contribution in [-0.2, 0) is 14.0 Å². The summed E-state index contributed by atoms with van der Waals surface area (Å²) in [6, 6.07) is 0. The summed E-state index contributed by atoms with van der Waals surface area (Å²) in [7, 11) is 2.22. The van der Waals surface area contributed by atoms with Gasteiger partial charge in [-0.05, 0) is 19.3 Å². The van der Waals surface area contributed by atoms with E-state index in [4.69, 9.17) is 19.2 Å². The standard InChI is InChI=1S/C9H16NO4P/c11-10-8-2-1-7(5-8)9(6-14-15)12-3-4-13-9/h7,11H,1-6,15H2/b10-8+. The number of hydrogen-bond donors (Lipinski definition) is 1. The summed E-state index contributed by atoms with van der Waals surface area (Å²) in [5.74, 6) is -0.403. The predicted octanol–water partition coefficient (Wildman–Crippen LogP) is 1.17. The molecule has 15 heavy (non-hydrogen) atoms. The Balaban J connectivity index is 2.05. The van der Waals surface area contributed by atoms with Gasteiger partial charge in [0, 0.05) is 15.4 Å². The minimum atomic E-state index is -0.631. The second kappa shape index (κ2) is 4.74. The Labute approximate surface area is 91.0 Å². The van der Waals surface area contributed by atoms with Gasteiger partial charge in [0.15, 0.2) is 5.79 Å². The molecule has 2 rings (SSSR count). The van der Waals surface area contributed by atoms with Gasteiger partial charge in [-0.2, -0.15) is 0 Å². The highest BCUT2D eigenvalue weighted by Crippen LogP contribution is 2.39. The van der Waals surface area contributed by atoms with Crippen molar-refractivity contribution in [3.8, 4) is 0 Å². The Hall–Kier alpha value is -0.220. The van der Waals surface area contributed by atoms with Crippen LogP contribution < -0.4 is 0 Å². The Morgan fingerprint density at radius 2 is 2.27 bits per heavy atom. The largest absolute Gasteiger partial charge is 0.411 e. The van der Waals surface area contributed by atoms with Crippen LogP contribution >= 0.6 is 9.47 Å². The maximum atomic E-state index is 8.71. The maximum absolute atomic E-state index is 8.71. The first-order valence-corrected chi connectivity index (χ1v) is 5.57. The Morgan fingerprint density at radius 1 is 1.53 bits per heavy atom. The molecule has 0 radical (unpaired) electrons. The van der Waals surface area contributed by atoms with E-state index >= 15 is 0 Å². The van der Waals surface area contributed by atoms with Crippen LogP contribution in [0.2, 0.25) is 0 Å². The molecule has 0 aromatic heterocycles. The molecule has 0 amide bonds. The first-order chi connectivity index (χ1) is 7.30. The van der Waals surface area contributed by atoms with Gasteiger partial charge in [-0.25, -0.2) is 0 Å². The molecule has 0 bridgehead atoms. The highest BCUT2D eigenvalue weighted by molar-refractivity contribution is 7.09. The molecule has 6 heteroatoms. The SMILES string of the molecule is O/N=C1\CCC(C2(COP)OCCO2)C1. The van der Waals surface area contributed by atoms with Gasteiger partial charge in [0.1, 0.15) is 6.61 Å². The normalized spacial score (nSPS) is 32.6. The van der Waals surface area contributed by atoms with Crippen molar-refractivity contribution in [3.63, 3.8) is 0 Å². The third kappa shape index (κ3) is 2.16. The van der Waals surface area contributed by atoms with E-state index in [0.717, 1.165) is 25.0 Å². The fraction of sp³-hybridized carbons (Fsp3) is 0.889. The van der Waals surface area contributed by atoms with Crippen molar-refractivity contribution >= 4 is 15.2 Å². The number of nitrogens with zero attached hydrogens (tertiary/aromatic N) is 1. The van der Waals surface area contributed by atoms with Gasteiger partial charge < -0.3 is 19.2 Å². The van der Waals surface area contributed by atoms with Gasteiger partial charge in [0.25, 0.3) is 0 Å². The van der Waals surface area contributed by atoms with Crippen LogP contribution in [0.4, 0.5) is 0 Å². The van der Waals surface area contributed by atoms with Gasteiger partial charge in [-0.1, -0.05) is 5.16 Å². The van der Waals surface area contributed by atoms with Crippen molar-refractivity contribution in [3.05, 3.63) is 0 Å². The second-order valence-electron chi connectivity index (χ2n) is 3.93. The molecule has 0 aromatic carbocycles. The zero-order valence-corrected chi connectivity index (χ0v) is 9.67. The molecule has 2 atom stereocenters. The second-order valence-corrected chi connectivity index (χ2v) is 4.26. The molecule has 1 heterocycles. The molecule has 0 aromatic rings.